The second-order valence-electron chi connectivity index (χ2n) is 4.43. The van der Waals surface area contributed by atoms with E-state index >= 15 is 0 Å². The fraction of sp³-hybridized carbons (Fsp3) is 0.0667. The number of benzene rings is 1. The van der Waals surface area contributed by atoms with E-state index < -0.39 is 0 Å². The van der Waals surface area contributed by atoms with Crippen molar-refractivity contribution in [3.8, 4) is 16.8 Å². The minimum atomic E-state index is -0.292. The first kappa shape index (κ1) is 12.5. The molecule has 0 unspecified atom stereocenters. The average molecular weight is 268 g/mol. The maximum Gasteiger partial charge on any atom is 0.124 e. The molecular weight excluding hydrogens is 255 g/mol. The van der Waals surface area contributed by atoms with E-state index in [9.17, 15) is 4.39 Å². The number of rotatable bonds is 3. The molecule has 0 saturated carbocycles. The first-order chi connectivity index (χ1) is 9.76. The van der Waals surface area contributed by atoms with Crippen molar-refractivity contribution in [3.05, 3.63) is 66.5 Å². The zero-order chi connectivity index (χ0) is 13.9. The zero-order valence-corrected chi connectivity index (χ0v) is 10.7. The molecule has 1 aromatic carbocycles. The minimum absolute atomic E-state index is 0.292. The quantitative estimate of drug-likeness (QED) is 0.794. The Kier molecular flexibility index (Phi) is 3.26. The molecule has 0 bridgehead atoms. The van der Waals surface area contributed by atoms with Gasteiger partial charge < -0.3 is 5.73 Å². The number of nitrogens with zero attached hydrogens (tertiary/aromatic N) is 3. The summed E-state index contributed by atoms with van der Waals surface area (Å²) in [4.78, 5) is 3.97. The summed E-state index contributed by atoms with van der Waals surface area (Å²) in [6.07, 6.45) is 6.96. The molecule has 5 heteroatoms. The summed E-state index contributed by atoms with van der Waals surface area (Å²) in [7, 11) is 0. The third-order valence-electron chi connectivity index (χ3n) is 3.04. The van der Waals surface area contributed by atoms with Gasteiger partial charge in [-0.05, 0) is 41.5 Å². The first-order valence-electron chi connectivity index (χ1n) is 6.21. The SMILES string of the molecule is NCc1cc(F)cc(-c2cnn(-c3ccncc3)c2)c1. The van der Waals surface area contributed by atoms with Crippen molar-refractivity contribution in [2.45, 2.75) is 6.54 Å². The summed E-state index contributed by atoms with van der Waals surface area (Å²) >= 11 is 0. The molecule has 0 radical (unpaired) electrons. The van der Waals surface area contributed by atoms with Gasteiger partial charge in [-0.15, -0.1) is 0 Å². The summed E-state index contributed by atoms with van der Waals surface area (Å²) in [6, 6.07) is 8.50. The Balaban J connectivity index is 2.00. The Labute approximate surface area is 115 Å². The average Bonchev–Trinajstić information content (AvgIpc) is 2.97. The van der Waals surface area contributed by atoms with E-state index in [1.807, 2.05) is 24.4 Å². The van der Waals surface area contributed by atoms with Gasteiger partial charge in [0.25, 0.3) is 0 Å². The van der Waals surface area contributed by atoms with Gasteiger partial charge in [-0.3, -0.25) is 4.98 Å². The number of nitrogens with two attached hydrogens (primary N) is 1. The van der Waals surface area contributed by atoms with E-state index in [1.165, 1.54) is 12.1 Å². The molecule has 0 fully saturated rings. The van der Waals surface area contributed by atoms with Crippen molar-refractivity contribution in [2.24, 2.45) is 5.73 Å². The van der Waals surface area contributed by atoms with Crippen molar-refractivity contribution in [1.82, 2.24) is 14.8 Å². The van der Waals surface area contributed by atoms with Crippen molar-refractivity contribution in [2.75, 3.05) is 0 Å². The number of pyridine rings is 1. The molecule has 0 aliphatic heterocycles. The van der Waals surface area contributed by atoms with Crippen LogP contribution in [0.1, 0.15) is 5.56 Å². The molecule has 20 heavy (non-hydrogen) atoms. The summed E-state index contributed by atoms with van der Waals surface area (Å²) in [6.45, 7) is 0.309. The van der Waals surface area contributed by atoms with Crippen LogP contribution < -0.4 is 5.73 Å². The Morgan fingerprint density at radius 3 is 2.65 bits per heavy atom. The van der Waals surface area contributed by atoms with Gasteiger partial charge in [0.1, 0.15) is 5.82 Å². The predicted octanol–water partition coefficient (Wildman–Crippen LogP) is 2.53. The Morgan fingerprint density at radius 1 is 1.10 bits per heavy atom. The lowest BCUT2D eigenvalue weighted by Crippen LogP contribution is -1.97. The lowest BCUT2D eigenvalue weighted by atomic mass is 10.1. The second-order valence-corrected chi connectivity index (χ2v) is 4.43. The highest BCUT2D eigenvalue weighted by Gasteiger charge is 2.06. The summed E-state index contributed by atoms with van der Waals surface area (Å²) in [5.74, 6) is -0.292. The molecule has 0 atom stereocenters. The number of hydrogen-bond acceptors (Lipinski definition) is 3. The maximum absolute atomic E-state index is 13.5. The first-order valence-corrected chi connectivity index (χ1v) is 6.21. The largest absolute Gasteiger partial charge is 0.326 e. The molecule has 3 rings (SSSR count). The third-order valence-corrected chi connectivity index (χ3v) is 3.04. The van der Waals surface area contributed by atoms with E-state index in [-0.39, 0.29) is 5.82 Å². The van der Waals surface area contributed by atoms with Crippen LogP contribution in [0.5, 0.6) is 0 Å². The monoisotopic (exact) mass is 268 g/mol. The number of aromatic nitrogens is 3. The van der Waals surface area contributed by atoms with E-state index in [4.69, 9.17) is 5.73 Å². The van der Waals surface area contributed by atoms with Crippen LogP contribution in [-0.2, 0) is 6.54 Å². The Hall–Kier alpha value is -2.53. The predicted molar refractivity (Wildman–Crippen MR) is 74.6 cm³/mol. The third kappa shape index (κ3) is 2.44. The lowest BCUT2D eigenvalue weighted by molar-refractivity contribution is 0.626. The smallest absolute Gasteiger partial charge is 0.124 e. The molecule has 0 aliphatic rings. The van der Waals surface area contributed by atoms with Gasteiger partial charge in [0, 0.05) is 30.7 Å². The van der Waals surface area contributed by atoms with Gasteiger partial charge in [-0.2, -0.15) is 5.10 Å². The Bertz CT molecular complexity index is 722. The van der Waals surface area contributed by atoms with Crippen LogP contribution in [0.2, 0.25) is 0 Å². The highest BCUT2D eigenvalue weighted by molar-refractivity contribution is 5.63. The highest BCUT2D eigenvalue weighted by Crippen LogP contribution is 2.22. The van der Waals surface area contributed by atoms with E-state index in [0.29, 0.717) is 6.54 Å². The molecule has 2 aromatic heterocycles. The molecule has 3 aromatic rings. The van der Waals surface area contributed by atoms with Crippen LogP contribution in [0.4, 0.5) is 4.39 Å². The molecular formula is C15H13FN4. The van der Waals surface area contributed by atoms with Crippen molar-refractivity contribution < 1.29 is 4.39 Å². The van der Waals surface area contributed by atoms with Crippen LogP contribution in [0, 0.1) is 5.82 Å². The highest BCUT2D eigenvalue weighted by atomic mass is 19.1. The number of halogens is 1. The van der Waals surface area contributed by atoms with E-state index in [2.05, 4.69) is 10.1 Å². The summed E-state index contributed by atoms with van der Waals surface area (Å²) < 4.78 is 15.3. The topological polar surface area (TPSA) is 56.7 Å². The van der Waals surface area contributed by atoms with Crippen molar-refractivity contribution in [3.63, 3.8) is 0 Å². The maximum atomic E-state index is 13.5. The van der Waals surface area contributed by atoms with Crippen LogP contribution in [0.15, 0.2) is 55.1 Å². The number of hydrogen-bond donors (Lipinski definition) is 1. The zero-order valence-electron chi connectivity index (χ0n) is 10.7. The summed E-state index contributed by atoms with van der Waals surface area (Å²) in [5, 5.41) is 4.28. The normalized spacial score (nSPS) is 10.7. The van der Waals surface area contributed by atoms with E-state index in [0.717, 1.165) is 22.4 Å². The van der Waals surface area contributed by atoms with Crippen LogP contribution in [-0.4, -0.2) is 14.8 Å². The molecule has 2 heterocycles. The van der Waals surface area contributed by atoms with Crippen LogP contribution >= 0.6 is 0 Å². The Morgan fingerprint density at radius 2 is 1.90 bits per heavy atom. The van der Waals surface area contributed by atoms with Gasteiger partial charge in [0.2, 0.25) is 0 Å². The van der Waals surface area contributed by atoms with Crippen LogP contribution in [0.25, 0.3) is 16.8 Å². The molecule has 100 valence electrons. The fourth-order valence-corrected chi connectivity index (χ4v) is 2.04. The molecule has 2 N–H and O–H groups in total. The van der Waals surface area contributed by atoms with Crippen molar-refractivity contribution in [1.29, 1.82) is 0 Å². The van der Waals surface area contributed by atoms with Gasteiger partial charge in [-0.25, -0.2) is 9.07 Å². The lowest BCUT2D eigenvalue weighted by Gasteiger charge is -2.02. The van der Waals surface area contributed by atoms with Gasteiger partial charge in [0.05, 0.1) is 11.9 Å². The van der Waals surface area contributed by atoms with Gasteiger partial charge in [-0.1, -0.05) is 0 Å². The summed E-state index contributed by atoms with van der Waals surface area (Å²) in [5.41, 5.74) is 8.85. The van der Waals surface area contributed by atoms with Crippen molar-refractivity contribution >= 4 is 0 Å². The molecule has 0 saturated heterocycles. The van der Waals surface area contributed by atoms with Gasteiger partial charge >= 0.3 is 0 Å². The van der Waals surface area contributed by atoms with Crippen LogP contribution in [0.3, 0.4) is 0 Å². The standard InChI is InChI=1S/C15H13FN4/c16-14-6-11(8-17)5-12(7-14)13-9-19-20(10-13)15-1-3-18-4-2-15/h1-7,9-10H,8,17H2. The fourth-order valence-electron chi connectivity index (χ4n) is 2.04. The molecule has 4 nitrogen and oxygen atoms in total. The minimum Gasteiger partial charge on any atom is -0.326 e. The second kappa shape index (κ2) is 5.22. The van der Waals surface area contributed by atoms with E-state index in [1.54, 1.807) is 23.3 Å². The molecule has 0 amide bonds. The van der Waals surface area contributed by atoms with Gasteiger partial charge in [0.15, 0.2) is 0 Å². The molecule has 0 aliphatic carbocycles. The molecule has 0 spiro atoms.